The maximum Gasteiger partial charge on any atom is 0.265 e. The second-order valence-electron chi connectivity index (χ2n) is 3.75. The summed E-state index contributed by atoms with van der Waals surface area (Å²) in [6, 6.07) is 2.71. The number of carbonyl (C=O) groups excluding carboxylic acids is 1. The first kappa shape index (κ1) is 16.3. The van der Waals surface area contributed by atoms with Crippen LogP contribution in [-0.4, -0.2) is 39.9 Å². The number of hydrogen-bond donors (Lipinski definition) is 0. The van der Waals surface area contributed by atoms with Crippen LogP contribution in [0.15, 0.2) is 21.5 Å². The summed E-state index contributed by atoms with van der Waals surface area (Å²) in [4.78, 5) is 13.3. The van der Waals surface area contributed by atoms with Gasteiger partial charge in [-0.15, -0.1) is 0 Å². The number of ether oxygens (including phenoxy) is 1. The maximum absolute atomic E-state index is 12.0. The first-order valence-corrected chi connectivity index (χ1v) is 8.40. The van der Waals surface area contributed by atoms with Crippen molar-refractivity contribution in [3.8, 4) is 5.75 Å². The van der Waals surface area contributed by atoms with E-state index in [1.54, 1.807) is 7.05 Å². The fourth-order valence-electron chi connectivity index (χ4n) is 1.43. The van der Waals surface area contributed by atoms with Crippen LogP contribution in [-0.2, 0) is 9.05 Å². The molecule has 0 saturated heterocycles. The summed E-state index contributed by atoms with van der Waals surface area (Å²) in [6.07, 6.45) is 0. The second-order valence-corrected chi connectivity index (χ2v) is 7.14. The SMILES string of the molecule is CCN(C)C(=O)c1cc(Br)c(OC)c(S(=O)(=O)Cl)c1. The summed E-state index contributed by atoms with van der Waals surface area (Å²) < 4.78 is 28.4. The van der Waals surface area contributed by atoms with Crippen molar-refractivity contribution in [1.82, 2.24) is 4.90 Å². The Bertz CT molecular complexity index is 603. The number of nitrogens with zero attached hydrogens (tertiary/aromatic N) is 1. The van der Waals surface area contributed by atoms with E-state index in [0.717, 1.165) is 0 Å². The van der Waals surface area contributed by atoms with E-state index in [1.807, 2.05) is 6.92 Å². The molecule has 8 heteroatoms. The van der Waals surface area contributed by atoms with Crippen molar-refractivity contribution in [2.75, 3.05) is 20.7 Å². The summed E-state index contributed by atoms with van der Waals surface area (Å²) in [6.45, 7) is 2.32. The summed E-state index contributed by atoms with van der Waals surface area (Å²) in [5, 5.41) is 0. The quantitative estimate of drug-likeness (QED) is 0.764. The lowest BCUT2D eigenvalue weighted by atomic mass is 10.2. The largest absolute Gasteiger partial charge is 0.494 e. The monoisotopic (exact) mass is 369 g/mol. The lowest BCUT2D eigenvalue weighted by Gasteiger charge is -2.16. The molecule has 0 radical (unpaired) electrons. The van der Waals surface area contributed by atoms with E-state index in [4.69, 9.17) is 15.4 Å². The van der Waals surface area contributed by atoms with Gasteiger partial charge in [0.1, 0.15) is 4.90 Å². The van der Waals surface area contributed by atoms with Crippen molar-refractivity contribution in [3.63, 3.8) is 0 Å². The number of halogens is 2. The number of rotatable bonds is 4. The Morgan fingerprint density at radius 1 is 1.47 bits per heavy atom. The first-order valence-electron chi connectivity index (χ1n) is 5.30. The van der Waals surface area contributed by atoms with Gasteiger partial charge in [-0.05, 0) is 35.0 Å². The fourth-order valence-corrected chi connectivity index (χ4v) is 3.21. The first-order chi connectivity index (χ1) is 8.72. The standard InChI is InChI=1S/C11H13BrClNO4S/c1-4-14(2)11(15)7-5-8(12)10(18-3)9(6-7)19(13,16)17/h5-6H,4H2,1-3H3. The zero-order valence-corrected chi connectivity index (χ0v) is 13.8. The van der Waals surface area contributed by atoms with Crippen molar-refractivity contribution >= 4 is 41.6 Å². The number of carbonyl (C=O) groups is 1. The van der Waals surface area contributed by atoms with Gasteiger partial charge < -0.3 is 9.64 Å². The van der Waals surface area contributed by atoms with E-state index in [9.17, 15) is 13.2 Å². The number of amides is 1. The second kappa shape index (κ2) is 6.11. The molecule has 0 aliphatic rings. The average Bonchev–Trinajstić information content (AvgIpc) is 2.34. The third-order valence-electron chi connectivity index (χ3n) is 2.54. The maximum atomic E-state index is 12.0. The Hall–Kier alpha value is -0.790. The molecular formula is C11H13BrClNO4S. The molecule has 0 fully saturated rings. The van der Waals surface area contributed by atoms with Gasteiger partial charge in [-0.25, -0.2) is 8.42 Å². The van der Waals surface area contributed by atoms with Crippen molar-refractivity contribution in [2.45, 2.75) is 11.8 Å². The van der Waals surface area contributed by atoms with Gasteiger partial charge in [0.15, 0.2) is 5.75 Å². The molecule has 0 atom stereocenters. The minimum Gasteiger partial charge on any atom is -0.494 e. The van der Waals surface area contributed by atoms with Gasteiger partial charge in [0, 0.05) is 29.8 Å². The van der Waals surface area contributed by atoms with E-state index in [2.05, 4.69) is 15.9 Å². The normalized spacial score (nSPS) is 11.2. The van der Waals surface area contributed by atoms with Crippen molar-refractivity contribution < 1.29 is 17.9 Å². The molecule has 0 saturated carbocycles. The molecule has 1 aromatic carbocycles. The minimum atomic E-state index is -4.01. The molecule has 5 nitrogen and oxygen atoms in total. The van der Waals surface area contributed by atoms with Crippen LogP contribution in [0.3, 0.4) is 0 Å². The predicted molar refractivity (Wildman–Crippen MR) is 76.4 cm³/mol. The van der Waals surface area contributed by atoms with Crippen LogP contribution >= 0.6 is 26.6 Å². The van der Waals surface area contributed by atoms with Gasteiger partial charge >= 0.3 is 0 Å². The molecular weight excluding hydrogens is 358 g/mol. The smallest absolute Gasteiger partial charge is 0.265 e. The summed E-state index contributed by atoms with van der Waals surface area (Å²) in [7, 11) is 4.29. The molecule has 0 aromatic heterocycles. The number of hydrogen-bond acceptors (Lipinski definition) is 4. The Kier molecular flexibility index (Phi) is 5.23. The van der Waals surface area contributed by atoms with Gasteiger partial charge in [0.25, 0.3) is 15.0 Å². The van der Waals surface area contributed by atoms with Crippen LogP contribution in [0.5, 0.6) is 5.75 Å². The highest BCUT2D eigenvalue weighted by atomic mass is 79.9. The van der Waals surface area contributed by atoms with E-state index >= 15 is 0 Å². The van der Waals surface area contributed by atoms with Crippen LogP contribution in [0, 0.1) is 0 Å². The highest BCUT2D eigenvalue weighted by Gasteiger charge is 2.23. The van der Waals surface area contributed by atoms with Crippen LogP contribution in [0.25, 0.3) is 0 Å². The van der Waals surface area contributed by atoms with Crippen molar-refractivity contribution in [1.29, 1.82) is 0 Å². The Morgan fingerprint density at radius 2 is 2.05 bits per heavy atom. The highest BCUT2D eigenvalue weighted by Crippen LogP contribution is 2.35. The topological polar surface area (TPSA) is 63.7 Å². The van der Waals surface area contributed by atoms with E-state index in [-0.39, 0.29) is 22.1 Å². The van der Waals surface area contributed by atoms with E-state index in [1.165, 1.54) is 24.1 Å². The minimum absolute atomic E-state index is 0.0747. The molecule has 1 rings (SSSR count). The summed E-state index contributed by atoms with van der Waals surface area (Å²) in [5.74, 6) is -0.224. The molecule has 1 aromatic rings. The zero-order valence-electron chi connectivity index (χ0n) is 10.6. The Labute approximate surface area is 125 Å². The van der Waals surface area contributed by atoms with Crippen molar-refractivity contribution in [2.24, 2.45) is 0 Å². The predicted octanol–water partition coefficient (Wildman–Crippen LogP) is 2.48. The van der Waals surface area contributed by atoms with E-state index in [0.29, 0.717) is 11.0 Å². The molecule has 0 unspecified atom stereocenters. The fraction of sp³-hybridized carbons (Fsp3) is 0.364. The number of benzene rings is 1. The Balaban J connectivity index is 3.48. The van der Waals surface area contributed by atoms with Crippen LogP contribution in [0.4, 0.5) is 0 Å². The van der Waals surface area contributed by atoms with Gasteiger partial charge in [0.2, 0.25) is 0 Å². The van der Waals surface area contributed by atoms with Crippen LogP contribution < -0.4 is 4.74 Å². The Morgan fingerprint density at radius 3 is 2.47 bits per heavy atom. The molecule has 0 aliphatic heterocycles. The van der Waals surface area contributed by atoms with Gasteiger partial charge in [0.05, 0.1) is 11.6 Å². The molecule has 106 valence electrons. The van der Waals surface area contributed by atoms with E-state index < -0.39 is 9.05 Å². The highest BCUT2D eigenvalue weighted by molar-refractivity contribution is 9.10. The third kappa shape index (κ3) is 3.61. The van der Waals surface area contributed by atoms with Gasteiger partial charge in [-0.3, -0.25) is 4.79 Å². The molecule has 0 heterocycles. The van der Waals surface area contributed by atoms with Gasteiger partial charge in [-0.1, -0.05) is 0 Å². The summed E-state index contributed by atoms with van der Waals surface area (Å²) in [5.41, 5.74) is 0.219. The molecule has 0 aliphatic carbocycles. The van der Waals surface area contributed by atoms with Crippen molar-refractivity contribution in [3.05, 3.63) is 22.2 Å². The lowest BCUT2D eigenvalue weighted by Crippen LogP contribution is -2.26. The van der Waals surface area contributed by atoms with Gasteiger partial charge in [-0.2, -0.15) is 0 Å². The summed E-state index contributed by atoms with van der Waals surface area (Å²) >= 11 is 3.17. The third-order valence-corrected chi connectivity index (χ3v) is 4.46. The molecule has 19 heavy (non-hydrogen) atoms. The number of methoxy groups -OCH3 is 1. The molecule has 0 spiro atoms. The van der Waals surface area contributed by atoms with Crippen LogP contribution in [0.2, 0.25) is 0 Å². The average molecular weight is 371 g/mol. The zero-order chi connectivity index (χ0) is 14.8. The molecule has 0 N–H and O–H groups in total. The lowest BCUT2D eigenvalue weighted by molar-refractivity contribution is 0.0802. The molecule has 1 amide bonds. The van der Waals surface area contributed by atoms with Crippen LogP contribution in [0.1, 0.15) is 17.3 Å². The molecule has 0 bridgehead atoms.